The van der Waals surface area contributed by atoms with Gasteiger partial charge in [0.15, 0.2) is 11.5 Å². The summed E-state index contributed by atoms with van der Waals surface area (Å²) in [6.45, 7) is 2.22. The Morgan fingerprint density at radius 3 is 2.45 bits per heavy atom. The molecule has 1 aromatic rings. The molecular weight excluding hydrogens is 344 g/mol. The van der Waals surface area contributed by atoms with E-state index in [0.717, 1.165) is 34.6 Å². The molecule has 3 aliphatic heterocycles. The second kappa shape index (κ2) is 6.02. The van der Waals surface area contributed by atoms with Crippen LogP contribution in [0.2, 0.25) is 0 Å². The monoisotopic (exact) mass is 366 g/mol. The van der Waals surface area contributed by atoms with Crippen molar-refractivity contribution in [3.63, 3.8) is 0 Å². The Balaban J connectivity index is 1.48. The summed E-state index contributed by atoms with van der Waals surface area (Å²) in [4.78, 5) is 2.50. The van der Waals surface area contributed by atoms with E-state index in [2.05, 4.69) is 39.3 Å². The predicted octanol–water partition coefficient (Wildman–Crippen LogP) is 2.94. The first kappa shape index (κ1) is 14.8. The van der Waals surface area contributed by atoms with E-state index in [1.165, 1.54) is 31.2 Å². The first-order chi connectivity index (χ1) is 10.7. The van der Waals surface area contributed by atoms with Gasteiger partial charge < -0.3 is 14.8 Å². The van der Waals surface area contributed by atoms with Gasteiger partial charge in [0.1, 0.15) is 13.2 Å². The summed E-state index contributed by atoms with van der Waals surface area (Å²) in [6, 6.07) is 6.32. The van der Waals surface area contributed by atoms with Gasteiger partial charge in [-0.15, -0.1) is 0 Å². The van der Waals surface area contributed by atoms with Crippen LogP contribution in [0.1, 0.15) is 31.2 Å². The fourth-order valence-electron chi connectivity index (χ4n) is 4.01. The van der Waals surface area contributed by atoms with Crippen LogP contribution in [0.25, 0.3) is 0 Å². The lowest BCUT2D eigenvalue weighted by Crippen LogP contribution is -2.46. The molecule has 2 unspecified atom stereocenters. The van der Waals surface area contributed by atoms with Crippen LogP contribution in [0.4, 0.5) is 0 Å². The molecule has 3 aliphatic rings. The molecule has 2 fully saturated rings. The third kappa shape index (κ3) is 2.86. The third-order valence-corrected chi connectivity index (χ3v) is 5.94. The third-order valence-electron chi connectivity index (χ3n) is 5.20. The number of fused-ring (bicyclic) bond motifs is 3. The maximum absolute atomic E-state index is 5.72. The van der Waals surface area contributed by atoms with Crippen molar-refractivity contribution in [2.45, 2.75) is 50.4 Å². The van der Waals surface area contributed by atoms with Crippen LogP contribution >= 0.6 is 15.9 Å². The van der Waals surface area contributed by atoms with Gasteiger partial charge in [-0.05, 0) is 50.4 Å². The normalized spacial score (nSPS) is 29.9. The first-order valence-corrected chi connectivity index (χ1v) is 9.02. The summed E-state index contributed by atoms with van der Waals surface area (Å²) >= 11 is 3.69. The molecule has 0 radical (unpaired) electrons. The van der Waals surface area contributed by atoms with Crippen molar-refractivity contribution in [2.24, 2.45) is 0 Å². The van der Waals surface area contributed by atoms with Crippen LogP contribution in [0, 0.1) is 0 Å². The van der Waals surface area contributed by atoms with Gasteiger partial charge in [-0.25, -0.2) is 0 Å². The number of rotatable bonds is 3. The molecule has 0 spiro atoms. The zero-order chi connectivity index (χ0) is 15.1. The lowest BCUT2D eigenvalue weighted by molar-refractivity contribution is 0.162. The minimum atomic E-state index is 0.635. The van der Waals surface area contributed by atoms with Crippen LogP contribution in [-0.4, -0.2) is 43.3 Å². The van der Waals surface area contributed by atoms with Gasteiger partial charge in [0, 0.05) is 29.1 Å². The van der Waals surface area contributed by atoms with Crippen molar-refractivity contribution in [3.05, 3.63) is 22.2 Å². The SMILES string of the molecule is CN(Cc1cc2c(cc1Br)OCCO2)C1CC2CCC(C1)N2. The number of piperidine rings is 1. The van der Waals surface area contributed by atoms with E-state index in [9.17, 15) is 0 Å². The average molecular weight is 367 g/mol. The standard InChI is InChI=1S/C17H23BrN2O2/c1-20(14-7-12-2-3-13(8-14)19-12)10-11-6-16-17(9-15(11)18)22-5-4-21-16/h6,9,12-14,19H,2-5,7-8,10H2,1H3. The van der Waals surface area contributed by atoms with Crippen LogP contribution in [-0.2, 0) is 6.54 Å². The fourth-order valence-corrected chi connectivity index (χ4v) is 4.46. The largest absolute Gasteiger partial charge is 0.486 e. The number of hydrogen-bond acceptors (Lipinski definition) is 4. The molecular formula is C17H23BrN2O2. The summed E-state index contributed by atoms with van der Waals surface area (Å²) in [7, 11) is 2.25. The topological polar surface area (TPSA) is 33.7 Å². The number of halogens is 1. The van der Waals surface area contributed by atoms with Crippen LogP contribution in [0.15, 0.2) is 16.6 Å². The molecule has 1 aromatic carbocycles. The highest BCUT2D eigenvalue weighted by Crippen LogP contribution is 2.37. The Morgan fingerprint density at radius 2 is 1.77 bits per heavy atom. The Morgan fingerprint density at radius 1 is 1.14 bits per heavy atom. The van der Waals surface area contributed by atoms with Gasteiger partial charge in [0.2, 0.25) is 0 Å². The molecule has 0 amide bonds. The molecule has 4 nitrogen and oxygen atoms in total. The van der Waals surface area contributed by atoms with E-state index in [1.54, 1.807) is 0 Å². The van der Waals surface area contributed by atoms with E-state index < -0.39 is 0 Å². The van der Waals surface area contributed by atoms with Crippen molar-refractivity contribution in [1.82, 2.24) is 10.2 Å². The maximum Gasteiger partial charge on any atom is 0.162 e. The Hall–Kier alpha value is -0.780. The van der Waals surface area contributed by atoms with E-state index in [1.807, 2.05) is 6.07 Å². The minimum absolute atomic E-state index is 0.635. The Labute approximate surface area is 140 Å². The molecule has 0 aromatic heterocycles. The van der Waals surface area contributed by atoms with Gasteiger partial charge in [-0.2, -0.15) is 0 Å². The summed E-state index contributed by atoms with van der Waals surface area (Å²) in [6.07, 6.45) is 5.25. The van der Waals surface area contributed by atoms with E-state index in [4.69, 9.17) is 9.47 Å². The highest BCUT2D eigenvalue weighted by molar-refractivity contribution is 9.10. The molecule has 5 heteroatoms. The van der Waals surface area contributed by atoms with Gasteiger partial charge in [-0.3, -0.25) is 4.90 Å². The molecule has 3 heterocycles. The predicted molar refractivity (Wildman–Crippen MR) is 89.6 cm³/mol. The summed E-state index contributed by atoms with van der Waals surface area (Å²) in [5.74, 6) is 1.73. The first-order valence-electron chi connectivity index (χ1n) is 8.23. The van der Waals surface area contributed by atoms with Crippen molar-refractivity contribution in [3.8, 4) is 11.5 Å². The number of nitrogens with zero attached hydrogens (tertiary/aromatic N) is 1. The molecule has 1 N–H and O–H groups in total. The molecule has 120 valence electrons. The zero-order valence-electron chi connectivity index (χ0n) is 13.0. The summed E-state index contributed by atoms with van der Waals surface area (Å²) < 4.78 is 12.5. The van der Waals surface area contributed by atoms with Crippen LogP contribution in [0.3, 0.4) is 0 Å². The smallest absolute Gasteiger partial charge is 0.162 e. The Bertz CT molecular complexity index is 554. The average Bonchev–Trinajstić information content (AvgIpc) is 2.86. The Kier molecular flexibility index (Phi) is 4.05. The molecule has 2 atom stereocenters. The van der Waals surface area contributed by atoms with Gasteiger partial charge >= 0.3 is 0 Å². The number of benzene rings is 1. The molecule has 0 saturated carbocycles. The highest BCUT2D eigenvalue weighted by Gasteiger charge is 2.35. The van der Waals surface area contributed by atoms with Crippen LogP contribution < -0.4 is 14.8 Å². The van der Waals surface area contributed by atoms with Crippen molar-refractivity contribution in [1.29, 1.82) is 0 Å². The zero-order valence-corrected chi connectivity index (χ0v) is 14.6. The quantitative estimate of drug-likeness (QED) is 0.891. The summed E-state index contributed by atoms with van der Waals surface area (Å²) in [5.41, 5.74) is 1.28. The van der Waals surface area contributed by atoms with Crippen LogP contribution in [0.5, 0.6) is 11.5 Å². The molecule has 2 saturated heterocycles. The van der Waals surface area contributed by atoms with Gasteiger partial charge in [-0.1, -0.05) is 15.9 Å². The van der Waals surface area contributed by atoms with Gasteiger partial charge in [0.25, 0.3) is 0 Å². The fraction of sp³-hybridized carbons (Fsp3) is 0.647. The van der Waals surface area contributed by atoms with Crippen molar-refractivity contribution in [2.75, 3.05) is 20.3 Å². The van der Waals surface area contributed by atoms with E-state index in [0.29, 0.717) is 19.3 Å². The molecule has 4 rings (SSSR count). The lowest BCUT2D eigenvalue weighted by Gasteiger charge is -2.36. The molecule has 22 heavy (non-hydrogen) atoms. The number of hydrogen-bond donors (Lipinski definition) is 1. The van der Waals surface area contributed by atoms with Crippen molar-refractivity contribution < 1.29 is 9.47 Å². The van der Waals surface area contributed by atoms with E-state index in [-0.39, 0.29) is 0 Å². The second-order valence-electron chi connectivity index (χ2n) is 6.77. The minimum Gasteiger partial charge on any atom is -0.486 e. The number of ether oxygens (including phenoxy) is 2. The second-order valence-corrected chi connectivity index (χ2v) is 7.62. The number of nitrogens with one attached hydrogen (secondary N) is 1. The highest BCUT2D eigenvalue weighted by atomic mass is 79.9. The van der Waals surface area contributed by atoms with Crippen molar-refractivity contribution >= 4 is 15.9 Å². The molecule has 2 bridgehead atoms. The lowest BCUT2D eigenvalue weighted by atomic mass is 9.98. The molecule has 0 aliphatic carbocycles. The van der Waals surface area contributed by atoms with Gasteiger partial charge in [0.05, 0.1) is 0 Å². The maximum atomic E-state index is 5.72. The summed E-state index contributed by atoms with van der Waals surface area (Å²) in [5, 5.41) is 3.72. The van der Waals surface area contributed by atoms with E-state index >= 15 is 0 Å².